The fourth-order valence-electron chi connectivity index (χ4n) is 3.37. The van der Waals surface area contributed by atoms with Crippen LogP contribution in [0.15, 0.2) is 0 Å². The number of hydrogen-bond acceptors (Lipinski definition) is 1. The van der Waals surface area contributed by atoms with Crippen LogP contribution in [-0.4, -0.2) is 5.54 Å². The van der Waals surface area contributed by atoms with Gasteiger partial charge in [0.25, 0.3) is 0 Å². The molecule has 4 saturated carbocycles. The highest BCUT2D eigenvalue weighted by Gasteiger charge is 2.59. The molecule has 0 radical (unpaired) electrons. The van der Waals surface area contributed by atoms with Crippen LogP contribution < -0.4 is 5.73 Å². The van der Waals surface area contributed by atoms with Crippen molar-refractivity contribution in [2.75, 3.05) is 0 Å². The number of hydrogen-bond donors (Lipinski definition) is 1. The van der Waals surface area contributed by atoms with Crippen molar-refractivity contribution >= 4 is 0 Å². The van der Waals surface area contributed by atoms with Crippen LogP contribution in [0.1, 0.15) is 32.1 Å². The van der Waals surface area contributed by atoms with E-state index in [0.717, 1.165) is 17.8 Å². The first-order chi connectivity index (χ1) is 4.80. The Morgan fingerprint density at radius 2 is 1.90 bits per heavy atom. The summed E-state index contributed by atoms with van der Waals surface area (Å²) in [6, 6.07) is 0. The highest BCUT2D eigenvalue weighted by molar-refractivity contribution is 5.13. The lowest BCUT2D eigenvalue weighted by Crippen LogP contribution is -2.50. The van der Waals surface area contributed by atoms with E-state index in [2.05, 4.69) is 0 Å². The van der Waals surface area contributed by atoms with Crippen LogP contribution in [0.5, 0.6) is 0 Å². The molecule has 0 aromatic carbocycles. The predicted molar refractivity (Wildman–Crippen MR) is 40.5 cm³/mol. The fraction of sp³-hybridized carbons (Fsp3) is 1.00. The molecule has 0 aromatic rings. The summed E-state index contributed by atoms with van der Waals surface area (Å²) in [7, 11) is 0. The molecular weight excluding hydrogens is 122 g/mol. The van der Waals surface area contributed by atoms with E-state index in [9.17, 15) is 0 Å². The summed E-state index contributed by atoms with van der Waals surface area (Å²) in [4.78, 5) is 0. The van der Waals surface area contributed by atoms with Crippen molar-refractivity contribution in [2.24, 2.45) is 23.5 Å². The molecule has 4 aliphatic carbocycles. The Kier molecular flexibility index (Phi) is 0.797. The molecule has 2 N–H and O–H groups in total. The van der Waals surface area contributed by atoms with Gasteiger partial charge in [-0.15, -0.1) is 0 Å². The SMILES string of the molecule is NC12CCC(CC1)C1CC12. The van der Waals surface area contributed by atoms with Crippen molar-refractivity contribution in [3.8, 4) is 0 Å². The van der Waals surface area contributed by atoms with Crippen LogP contribution in [0.3, 0.4) is 0 Å². The summed E-state index contributed by atoms with van der Waals surface area (Å²) in [6.07, 6.45) is 7.02. The zero-order valence-corrected chi connectivity index (χ0v) is 6.34. The Bertz CT molecular complexity index is 168. The summed E-state index contributed by atoms with van der Waals surface area (Å²) >= 11 is 0. The maximum Gasteiger partial charge on any atom is 0.0185 e. The molecule has 0 aromatic heterocycles. The summed E-state index contributed by atoms with van der Waals surface area (Å²) < 4.78 is 0. The third kappa shape index (κ3) is 0.493. The first-order valence-electron chi connectivity index (χ1n) is 4.58. The molecule has 0 spiro atoms. The second kappa shape index (κ2) is 1.42. The van der Waals surface area contributed by atoms with Gasteiger partial charge in [-0.1, -0.05) is 0 Å². The van der Waals surface area contributed by atoms with Gasteiger partial charge in [0.2, 0.25) is 0 Å². The molecule has 2 atom stereocenters. The molecule has 56 valence electrons. The smallest absolute Gasteiger partial charge is 0.0185 e. The maximum atomic E-state index is 6.28. The molecule has 4 fully saturated rings. The minimum absolute atomic E-state index is 0.319. The van der Waals surface area contributed by atoms with E-state index in [4.69, 9.17) is 5.73 Å². The molecule has 2 bridgehead atoms. The van der Waals surface area contributed by atoms with Crippen LogP contribution >= 0.6 is 0 Å². The molecule has 4 aliphatic rings. The van der Waals surface area contributed by atoms with Gasteiger partial charge in [0.15, 0.2) is 0 Å². The zero-order chi connectivity index (χ0) is 6.77. The molecule has 1 nitrogen and oxygen atoms in total. The van der Waals surface area contributed by atoms with Crippen molar-refractivity contribution in [3.05, 3.63) is 0 Å². The average Bonchev–Trinajstić information content (AvgIpc) is 2.68. The summed E-state index contributed by atoms with van der Waals surface area (Å²) in [5.74, 6) is 3.13. The number of nitrogens with two attached hydrogens (primary N) is 1. The number of rotatable bonds is 0. The molecule has 0 amide bonds. The maximum absolute atomic E-state index is 6.28. The van der Waals surface area contributed by atoms with Gasteiger partial charge in [-0.25, -0.2) is 0 Å². The molecule has 0 heterocycles. The highest BCUT2D eigenvalue weighted by atomic mass is 14.8. The van der Waals surface area contributed by atoms with Gasteiger partial charge in [-0.05, 0) is 49.9 Å². The molecule has 1 heteroatoms. The Balaban J connectivity index is 1.98. The topological polar surface area (TPSA) is 26.0 Å². The Labute approximate surface area is 62.0 Å². The van der Waals surface area contributed by atoms with Crippen LogP contribution in [0.2, 0.25) is 0 Å². The first kappa shape index (κ1) is 5.59. The van der Waals surface area contributed by atoms with Gasteiger partial charge in [-0.2, -0.15) is 0 Å². The fourth-order valence-corrected chi connectivity index (χ4v) is 3.37. The quantitative estimate of drug-likeness (QED) is 0.538. The molecule has 0 aliphatic heterocycles. The summed E-state index contributed by atoms with van der Waals surface area (Å²) in [5.41, 5.74) is 6.60. The van der Waals surface area contributed by atoms with Gasteiger partial charge >= 0.3 is 0 Å². The summed E-state index contributed by atoms with van der Waals surface area (Å²) in [6.45, 7) is 0. The van der Waals surface area contributed by atoms with Gasteiger partial charge in [-0.3, -0.25) is 0 Å². The molecular formula is C9H15N. The first-order valence-corrected chi connectivity index (χ1v) is 4.58. The van der Waals surface area contributed by atoms with Crippen molar-refractivity contribution < 1.29 is 0 Å². The zero-order valence-electron chi connectivity index (χ0n) is 6.34. The van der Waals surface area contributed by atoms with Crippen LogP contribution in [0, 0.1) is 17.8 Å². The van der Waals surface area contributed by atoms with Crippen molar-refractivity contribution in [3.63, 3.8) is 0 Å². The normalized spacial score (nSPS) is 63.9. The van der Waals surface area contributed by atoms with Crippen molar-refractivity contribution in [1.82, 2.24) is 0 Å². The Hall–Kier alpha value is -0.0400. The van der Waals surface area contributed by atoms with Gasteiger partial charge in [0.05, 0.1) is 0 Å². The molecule has 0 saturated heterocycles. The van der Waals surface area contributed by atoms with Crippen molar-refractivity contribution in [1.29, 1.82) is 0 Å². The van der Waals surface area contributed by atoms with E-state index in [-0.39, 0.29) is 0 Å². The lowest BCUT2D eigenvalue weighted by Gasteiger charge is -2.43. The lowest BCUT2D eigenvalue weighted by molar-refractivity contribution is 0.127. The van der Waals surface area contributed by atoms with E-state index in [1.807, 2.05) is 0 Å². The predicted octanol–water partition coefficient (Wildman–Crippen LogP) is 1.52. The number of fused-ring (bicyclic) bond motifs is 2. The largest absolute Gasteiger partial charge is 0.325 e. The van der Waals surface area contributed by atoms with E-state index < -0.39 is 0 Å². The van der Waals surface area contributed by atoms with E-state index >= 15 is 0 Å². The minimum Gasteiger partial charge on any atom is -0.325 e. The van der Waals surface area contributed by atoms with Crippen molar-refractivity contribution in [2.45, 2.75) is 37.6 Å². The third-order valence-electron chi connectivity index (χ3n) is 4.14. The van der Waals surface area contributed by atoms with Crippen LogP contribution in [0.25, 0.3) is 0 Å². The van der Waals surface area contributed by atoms with Crippen LogP contribution in [0.4, 0.5) is 0 Å². The Morgan fingerprint density at radius 3 is 2.40 bits per heavy atom. The summed E-state index contributed by atoms with van der Waals surface area (Å²) in [5, 5.41) is 0. The lowest BCUT2D eigenvalue weighted by atomic mass is 9.66. The van der Waals surface area contributed by atoms with Gasteiger partial charge in [0, 0.05) is 5.54 Å². The average molecular weight is 137 g/mol. The highest BCUT2D eigenvalue weighted by Crippen LogP contribution is 2.63. The molecule has 4 rings (SSSR count). The van der Waals surface area contributed by atoms with E-state index in [1.54, 1.807) is 0 Å². The van der Waals surface area contributed by atoms with Crippen LogP contribution in [-0.2, 0) is 0 Å². The Morgan fingerprint density at radius 1 is 1.20 bits per heavy atom. The van der Waals surface area contributed by atoms with E-state index in [1.165, 1.54) is 32.1 Å². The monoisotopic (exact) mass is 137 g/mol. The second-order valence-electron chi connectivity index (χ2n) is 4.58. The van der Waals surface area contributed by atoms with Gasteiger partial charge < -0.3 is 5.73 Å². The molecule has 10 heavy (non-hydrogen) atoms. The minimum atomic E-state index is 0.319. The second-order valence-corrected chi connectivity index (χ2v) is 4.58. The van der Waals surface area contributed by atoms with E-state index in [0.29, 0.717) is 5.54 Å². The molecule has 2 unspecified atom stereocenters. The van der Waals surface area contributed by atoms with Gasteiger partial charge in [0.1, 0.15) is 0 Å². The standard InChI is InChI=1S/C9H15N/c10-9-3-1-6(2-4-9)7-5-8(7)9/h6-8H,1-5,10H2. The third-order valence-corrected chi connectivity index (χ3v) is 4.14.